The minimum atomic E-state index is 0.473. The van der Waals surface area contributed by atoms with Crippen molar-refractivity contribution in [2.24, 2.45) is 5.92 Å². The van der Waals surface area contributed by atoms with Crippen LogP contribution in [0, 0.1) is 5.92 Å². The van der Waals surface area contributed by atoms with Crippen molar-refractivity contribution >= 4 is 0 Å². The first-order chi connectivity index (χ1) is 9.02. The number of likely N-dealkylation sites (tertiary alicyclic amines) is 1. The lowest BCUT2D eigenvalue weighted by Gasteiger charge is -2.39. The summed E-state index contributed by atoms with van der Waals surface area (Å²) in [6.45, 7) is 9.58. The van der Waals surface area contributed by atoms with Gasteiger partial charge >= 0.3 is 0 Å². The Hall–Kier alpha value is -0.120. The molecule has 1 N–H and O–H groups in total. The summed E-state index contributed by atoms with van der Waals surface area (Å²) in [6, 6.07) is 0.622. The maximum atomic E-state index is 3.60. The van der Waals surface area contributed by atoms with Gasteiger partial charge in [0.25, 0.3) is 0 Å². The van der Waals surface area contributed by atoms with Crippen molar-refractivity contribution in [3.63, 3.8) is 0 Å². The summed E-state index contributed by atoms with van der Waals surface area (Å²) < 4.78 is 0. The van der Waals surface area contributed by atoms with Gasteiger partial charge in [0, 0.05) is 24.7 Å². The van der Waals surface area contributed by atoms with Crippen molar-refractivity contribution in [1.29, 1.82) is 0 Å². The predicted molar refractivity (Wildman–Crippen MR) is 82.6 cm³/mol. The summed E-state index contributed by atoms with van der Waals surface area (Å²) in [5.41, 5.74) is 0.473. The van der Waals surface area contributed by atoms with Crippen LogP contribution in [0.4, 0.5) is 0 Å². The first-order valence-corrected chi connectivity index (χ1v) is 8.15. The van der Waals surface area contributed by atoms with Crippen LogP contribution in [0.3, 0.4) is 0 Å². The number of nitrogens with one attached hydrogen (secondary N) is 1. The first kappa shape index (κ1) is 15.3. The van der Waals surface area contributed by atoms with Crippen LogP contribution >= 0.6 is 0 Å². The lowest BCUT2D eigenvalue weighted by molar-refractivity contribution is 0.103. The van der Waals surface area contributed by atoms with E-state index in [0.717, 1.165) is 5.92 Å². The molecule has 0 amide bonds. The van der Waals surface area contributed by atoms with Crippen molar-refractivity contribution in [2.45, 2.75) is 57.5 Å². The summed E-state index contributed by atoms with van der Waals surface area (Å²) >= 11 is 0. The van der Waals surface area contributed by atoms with Gasteiger partial charge in [0.05, 0.1) is 0 Å². The molecule has 0 spiro atoms. The summed E-state index contributed by atoms with van der Waals surface area (Å²) in [5, 5.41) is 3.60. The van der Waals surface area contributed by atoms with Crippen LogP contribution in [-0.2, 0) is 0 Å². The molecule has 112 valence electrons. The molecule has 1 heterocycles. The monoisotopic (exact) mass is 267 g/mol. The second-order valence-electron chi connectivity index (χ2n) is 7.28. The Kier molecular flexibility index (Phi) is 5.27. The molecule has 0 bridgehead atoms. The van der Waals surface area contributed by atoms with Crippen molar-refractivity contribution in [2.75, 3.05) is 40.3 Å². The highest BCUT2D eigenvalue weighted by Gasteiger charge is 2.38. The highest BCUT2D eigenvalue weighted by Crippen LogP contribution is 2.35. The molecule has 1 saturated heterocycles. The van der Waals surface area contributed by atoms with E-state index in [0.29, 0.717) is 11.6 Å². The molecular weight excluding hydrogens is 234 g/mol. The van der Waals surface area contributed by atoms with Crippen LogP contribution in [-0.4, -0.2) is 61.7 Å². The molecule has 1 atom stereocenters. The summed E-state index contributed by atoms with van der Waals surface area (Å²) in [6.07, 6.45) is 7.01. The molecule has 1 aliphatic heterocycles. The minimum Gasteiger partial charge on any atom is -0.314 e. The van der Waals surface area contributed by atoms with Gasteiger partial charge in [-0.05, 0) is 52.4 Å². The van der Waals surface area contributed by atoms with Crippen LogP contribution < -0.4 is 5.32 Å². The van der Waals surface area contributed by atoms with E-state index in [-0.39, 0.29) is 0 Å². The third-order valence-electron chi connectivity index (χ3n) is 5.19. The zero-order valence-electron chi connectivity index (χ0n) is 13.4. The number of hydrogen-bond acceptors (Lipinski definition) is 3. The van der Waals surface area contributed by atoms with E-state index in [2.05, 4.69) is 43.1 Å². The van der Waals surface area contributed by atoms with Gasteiger partial charge in [-0.25, -0.2) is 0 Å². The van der Waals surface area contributed by atoms with Crippen LogP contribution in [0.5, 0.6) is 0 Å². The molecule has 2 rings (SSSR count). The van der Waals surface area contributed by atoms with Gasteiger partial charge < -0.3 is 15.1 Å². The molecule has 0 aromatic heterocycles. The Balaban J connectivity index is 1.80. The third kappa shape index (κ3) is 3.93. The standard InChI is InChI=1S/C16H33N3/c1-14(2)17-11-15-7-10-19(12-15)13-16(18(3)4)8-5-6-9-16/h14-15,17H,5-13H2,1-4H3. The van der Waals surface area contributed by atoms with Crippen molar-refractivity contribution < 1.29 is 0 Å². The van der Waals surface area contributed by atoms with Gasteiger partial charge in [-0.15, -0.1) is 0 Å². The van der Waals surface area contributed by atoms with E-state index in [9.17, 15) is 0 Å². The van der Waals surface area contributed by atoms with Gasteiger partial charge in [0.2, 0.25) is 0 Å². The van der Waals surface area contributed by atoms with Crippen LogP contribution in [0.15, 0.2) is 0 Å². The lowest BCUT2D eigenvalue weighted by Crippen LogP contribution is -2.50. The highest BCUT2D eigenvalue weighted by atomic mass is 15.2. The van der Waals surface area contributed by atoms with Gasteiger partial charge in [-0.3, -0.25) is 0 Å². The first-order valence-electron chi connectivity index (χ1n) is 8.15. The quantitative estimate of drug-likeness (QED) is 0.796. The summed E-state index contributed by atoms with van der Waals surface area (Å²) in [4.78, 5) is 5.22. The Morgan fingerprint density at radius 3 is 2.53 bits per heavy atom. The third-order valence-corrected chi connectivity index (χ3v) is 5.19. The zero-order chi connectivity index (χ0) is 13.9. The number of hydrogen-bond donors (Lipinski definition) is 1. The highest BCUT2D eigenvalue weighted by molar-refractivity contribution is 4.96. The zero-order valence-corrected chi connectivity index (χ0v) is 13.4. The summed E-state index contributed by atoms with van der Waals surface area (Å²) in [5.74, 6) is 0.864. The van der Waals surface area contributed by atoms with Crippen molar-refractivity contribution in [3.8, 4) is 0 Å². The van der Waals surface area contributed by atoms with E-state index in [1.54, 1.807) is 0 Å². The molecule has 0 radical (unpaired) electrons. The Labute approximate surface area is 119 Å². The molecular formula is C16H33N3. The Morgan fingerprint density at radius 1 is 1.26 bits per heavy atom. The number of nitrogens with zero attached hydrogens (tertiary/aromatic N) is 2. The second-order valence-corrected chi connectivity index (χ2v) is 7.28. The molecule has 3 heteroatoms. The average molecular weight is 267 g/mol. The molecule has 1 unspecified atom stereocenters. The largest absolute Gasteiger partial charge is 0.314 e. The lowest BCUT2D eigenvalue weighted by atomic mass is 9.95. The summed E-state index contributed by atoms with van der Waals surface area (Å²) in [7, 11) is 4.55. The molecule has 1 aliphatic carbocycles. The van der Waals surface area contributed by atoms with E-state index in [1.807, 2.05) is 0 Å². The van der Waals surface area contributed by atoms with E-state index < -0.39 is 0 Å². The smallest absolute Gasteiger partial charge is 0.0330 e. The van der Waals surface area contributed by atoms with Crippen LogP contribution in [0.2, 0.25) is 0 Å². The molecule has 3 nitrogen and oxygen atoms in total. The fourth-order valence-electron chi connectivity index (χ4n) is 3.82. The molecule has 0 aromatic carbocycles. The van der Waals surface area contributed by atoms with E-state index in [1.165, 1.54) is 58.3 Å². The molecule has 19 heavy (non-hydrogen) atoms. The topological polar surface area (TPSA) is 18.5 Å². The van der Waals surface area contributed by atoms with Gasteiger partial charge in [0.1, 0.15) is 0 Å². The molecule has 2 aliphatic rings. The predicted octanol–water partition coefficient (Wildman–Crippen LogP) is 2.18. The van der Waals surface area contributed by atoms with Gasteiger partial charge in [-0.2, -0.15) is 0 Å². The average Bonchev–Trinajstić information content (AvgIpc) is 2.97. The molecule has 0 aromatic rings. The maximum Gasteiger partial charge on any atom is 0.0330 e. The Bertz CT molecular complexity index is 269. The Morgan fingerprint density at radius 2 is 1.95 bits per heavy atom. The number of rotatable bonds is 6. The maximum absolute atomic E-state index is 3.60. The SMILES string of the molecule is CC(C)NCC1CCN(CC2(N(C)C)CCCC2)C1. The van der Waals surface area contributed by atoms with Crippen LogP contribution in [0.25, 0.3) is 0 Å². The van der Waals surface area contributed by atoms with Crippen molar-refractivity contribution in [1.82, 2.24) is 15.1 Å². The second kappa shape index (κ2) is 6.55. The van der Waals surface area contributed by atoms with Gasteiger partial charge in [-0.1, -0.05) is 26.7 Å². The molecule has 1 saturated carbocycles. The van der Waals surface area contributed by atoms with E-state index in [4.69, 9.17) is 0 Å². The fraction of sp³-hybridized carbons (Fsp3) is 1.00. The van der Waals surface area contributed by atoms with Crippen LogP contribution in [0.1, 0.15) is 46.0 Å². The minimum absolute atomic E-state index is 0.473. The van der Waals surface area contributed by atoms with Gasteiger partial charge in [0.15, 0.2) is 0 Å². The fourth-order valence-corrected chi connectivity index (χ4v) is 3.82. The molecule has 2 fully saturated rings. The normalized spacial score (nSPS) is 27.8. The van der Waals surface area contributed by atoms with Crippen molar-refractivity contribution in [3.05, 3.63) is 0 Å². The van der Waals surface area contributed by atoms with E-state index >= 15 is 0 Å². The number of likely N-dealkylation sites (N-methyl/N-ethyl adjacent to an activating group) is 1.